The molecule has 0 fully saturated rings. The lowest BCUT2D eigenvalue weighted by atomic mass is 10.2. The summed E-state index contributed by atoms with van der Waals surface area (Å²) in [5.41, 5.74) is 2.20. The van der Waals surface area contributed by atoms with Gasteiger partial charge in [-0.05, 0) is 36.8 Å². The molecule has 0 unspecified atom stereocenters. The highest BCUT2D eigenvalue weighted by Crippen LogP contribution is 2.22. The van der Waals surface area contributed by atoms with Gasteiger partial charge >= 0.3 is 0 Å². The van der Waals surface area contributed by atoms with E-state index < -0.39 is 0 Å². The topological polar surface area (TPSA) is 50.3 Å². The zero-order chi connectivity index (χ0) is 17.6. The molecule has 1 N–H and O–H groups in total. The first-order chi connectivity index (χ1) is 12.1. The maximum absolute atomic E-state index is 5.19. The molecule has 0 saturated heterocycles. The molecular weight excluding hydrogens is 312 g/mol. The Bertz CT molecular complexity index is 819. The van der Waals surface area contributed by atoms with E-state index in [1.54, 1.807) is 7.11 Å². The fourth-order valence-corrected chi connectivity index (χ4v) is 2.57. The first-order valence-corrected chi connectivity index (χ1v) is 8.16. The minimum Gasteiger partial charge on any atom is -0.497 e. The van der Waals surface area contributed by atoms with E-state index in [1.165, 1.54) is 5.56 Å². The van der Waals surface area contributed by atoms with Gasteiger partial charge in [-0.15, -0.1) is 0 Å². The fourth-order valence-electron chi connectivity index (χ4n) is 2.57. The molecule has 0 saturated carbocycles. The SMILES string of the molecule is COc1ccc(Nc2cc(N(C)Cc3ccccc3)nc(C)n2)cc1. The van der Waals surface area contributed by atoms with E-state index in [-0.39, 0.29) is 0 Å². The van der Waals surface area contributed by atoms with E-state index in [9.17, 15) is 0 Å². The number of hydrogen-bond donors (Lipinski definition) is 1. The van der Waals surface area contributed by atoms with Crippen LogP contribution >= 0.6 is 0 Å². The molecule has 1 heterocycles. The number of anilines is 3. The Balaban J connectivity index is 1.77. The molecule has 5 nitrogen and oxygen atoms in total. The van der Waals surface area contributed by atoms with Crippen LogP contribution in [0.3, 0.4) is 0 Å². The summed E-state index contributed by atoms with van der Waals surface area (Å²) in [5, 5.41) is 3.32. The smallest absolute Gasteiger partial charge is 0.136 e. The number of aryl methyl sites for hydroxylation is 1. The third-order valence-corrected chi connectivity index (χ3v) is 3.84. The van der Waals surface area contributed by atoms with Gasteiger partial charge in [-0.3, -0.25) is 0 Å². The van der Waals surface area contributed by atoms with Crippen LogP contribution < -0.4 is 15.0 Å². The molecule has 0 aliphatic rings. The van der Waals surface area contributed by atoms with Gasteiger partial charge in [0.1, 0.15) is 23.2 Å². The third-order valence-electron chi connectivity index (χ3n) is 3.84. The van der Waals surface area contributed by atoms with Gasteiger partial charge in [0.25, 0.3) is 0 Å². The predicted octanol–water partition coefficient (Wildman–Crippen LogP) is 4.17. The zero-order valence-electron chi connectivity index (χ0n) is 14.7. The number of ether oxygens (including phenoxy) is 1. The van der Waals surface area contributed by atoms with Crippen LogP contribution in [-0.2, 0) is 6.54 Å². The highest BCUT2D eigenvalue weighted by atomic mass is 16.5. The molecule has 2 aromatic carbocycles. The summed E-state index contributed by atoms with van der Waals surface area (Å²) in [4.78, 5) is 11.1. The van der Waals surface area contributed by atoms with Crippen molar-refractivity contribution < 1.29 is 4.74 Å². The number of benzene rings is 2. The molecule has 0 aliphatic heterocycles. The van der Waals surface area contributed by atoms with Gasteiger partial charge in [-0.2, -0.15) is 0 Å². The average Bonchev–Trinajstić information content (AvgIpc) is 2.63. The first kappa shape index (κ1) is 16.8. The van der Waals surface area contributed by atoms with Crippen LogP contribution in [0.15, 0.2) is 60.7 Å². The summed E-state index contributed by atoms with van der Waals surface area (Å²) in [6.07, 6.45) is 0. The van der Waals surface area contributed by atoms with Crippen molar-refractivity contribution in [1.29, 1.82) is 0 Å². The predicted molar refractivity (Wildman–Crippen MR) is 102 cm³/mol. The lowest BCUT2D eigenvalue weighted by Crippen LogP contribution is -2.18. The largest absolute Gasteiger partial charge is 0.497 e. The summed E-state index contributed by atoms with van der Waals surface area (Å²) in [7, 11) is 3.69. The quantitative estimate of drug-likeness (QED) is 0.733. The number of methoxy groups -OCH3 is 1. The first-order valence-electron chi connectivity index (χ1n) is 8.16. The van der Waals surface area contributed by atoms with Gasteiger partial charge in [0, 0.05) is 25.3 Å². The van der Waals surface area contributed by atoms with Crippen LogP contribution in [0.2, 0.25) is 0 Å². The Kier molecular flexibility index (Phi) is 5.14. The molecular formula is C20H22N4O. The standard InChI is InChI=1S/C20H22N4O/c1-15-21-19(23-17-9-11-18(25-3)12-10-17)13-20(22-15)24(2)14-16-7-5-4-6-8-16/h4-13H,14H2,1-3H3,(H,21,22,23). The van der Waals surface area contributed by atoms with Crippen molar-refractivity contribution in [3.8, 4) is 5.75 Å². The van der Waals surface area contributed by atoms with Gasteiger partial charge in [0.2, 0.25) is 0 Å². The number of nitrogens with zero attached hydrogens (tertiary/aromatic N) is 3. The van der Waals surface area contributed by atoms with E-state index in [0.29, 0.717) is 0 Å². The molecule has 0 aliphatic carbocycles. The Morgan fingerprint density at radius 1 is 1.00 bits per heavy atom. The Hall–Kier alpha value is -3.08. The maximum Gasteiger partial charge on any atom is 0.136 e. The van der Waals surface area contributed by atoms with Crippen LogP contribution in [0.1, 0.15) is 11.4 Å². The van der Waals surface area contributed by atoms with Crippen molar-refractivity contribution in [2.75, 3.05) is 24.4 Å². The van der Waals surface area contributed by atoms with E-state index in [0.717, 1.165) is 35.4 Å². The average molecular weight is 334 g/mol. The van der Waals surface area contributed by atoms with Gasteiger partial charge in [-0.1, -0.05) is 30.3 Å². The third kappa shape index (κ3) is 4.47. The second kappa shape index (κ2) is 7.66. The van der Waals surface area contributed by atoms with E-state index in [1.807, 2.05) is 62.5 Å². The molecule has 25 heavy (non-hydrogen) atoms. The summed E-state index contributed by atoms with van der Waals surface area (Å²) >= 11 is 0. The van der Waals surface area contributed by atoms with Crippen LogP contribution in [-0.4, -0.2) is 24.1 Å². The van der Waals surface area contributed by atoms with Crippen molar-refractivity contribution in [3.63, 3.8) is 0 Å². The molecule has 5 heteroatoms. The van der Waals surface area contributed by atoms with Gasteiger partial charge in [0.05, 0.1) is 7.11 Å². The van der Waals surface area contributed by atoms with Crippen molar-refractivity contribution >= 4 is 17.3 Å². The molecule has 0 spiro atoms. The number of nitrogens with one attached hydrogen (secondary N) is 1. The van der Waals surface area contributed by atoms with Crippen LogP contribution in [0.25, 0.3) is 0 Å². The van der Waals surface area contributed by atoms with E-state index in [4.69, 9.17) is 4.74 Å². The second-order valence-electron chi connectivity index (χ2n) is 5.85. The molecule has 0 atom stereocenters. The Labute approximate surface area is 148 Å². The second-order valence-corrected chi connectivity index (χ2v) is 5.85. The molecule has 3 rings (SSSR count). The normalized spacial score (nSPS) is 10.4. The highest BCUT2D eigenvalue weighted by molar-refractivity contribution is 5.60. The minimum atomic E-state index is 0.730. The summed E-state index contributed by atoms with van der Waals surface area (Å²) in [6.45, 7) is 2.69. The van der Waals surface area contributed by atoms with Crippen molar-refractivity contribution in [2.45, 2.75) is 13.5 Å². The number of hydrogen-bond acceptors (Lipinski definition) is 5. The monoisotopic (exact) mass is 334 g/mol. The summed E-state index contributed by atoms with van der Waals surface area (Å²) in [5.74, 6) is 3.21. The maximum atomic E-state index is 5.19. The number of rotatable bonds is 6. The molecule has 0 radical (unpaired) electrons. The highest BCUT2D eigenvalue weighted by Gasteiger charge is 2.08. The zero-order valence-corrected chi connectivity index (χ0v) is 14.7. The van der Waals surface area contributed by atoms with Crippen molar-refractivity contribution in [1.82, 2.24) is 9.97 Å². The van der Waals surface area contributed by atoms with Crippen LogP contribution in [0.5, 0.6) is 5.75 Å². The molecule has 1 aromatic heterocycles. The van der Waals surface area contributed by atoms with E-state index >= 15 is 0 Å². The van der Waals surface area contributed by atoms with Crippen molar-refractivity contribution in [2.24, 2.45) is 0 Å². The van der Waals surface area contributed by atoms with Gasteiger partial charge in [-0.25, -0.2) is 9.97 Å². The van der Waals surface area contributed by atoms with Crippen LogP contribution in [0, 0.1) is 6.92 Å². The van der Waals surface area contributed by atoms with Crippen LogP contribution in [0.4, 0.5) is 17.3 Å². The fraction of sp³-hybridized carbons (Fsp3) is 0.200. The van der Waals surface area contributed by atoms with Crippen molar-refractivity contribution in [3.05, 3.63) is 72.1 Å². The Morgan fingerprint density at radius 2 is 1.72 bits per heavy atom. The number of aromatic nitrogens is 2. The van der Waals surface area contributed by atoms with Gasteiger partial charge in [0.15, 0.2) is 0 Å². The summed E-state index contributed by atoms with van der Waals surface area (Å²) in [6, 6.07) is 20.1. The van der Waals surface area contributed by atoms with Gasteiger partial charge < -0.3 is 15.0 Å². The molecule has 0 amide bonds. The van der Waals surface area contributed by atoms with E-state index in [2.05, 4.69) is 32.3 Å². The minimum absolute atomic E-state index is 0.730. The molecule has 3 aromatic rings. The Morgan fingerprint density at radius 3 is 2.40 bits per heavy atom. The lowest BCUT2D eigenvalue weighted by Gasteiger charge is -2.19. The summed E-state index contributed by atoms with van der Waals surface area (Å²) < 4.78 is 5.19. The lowest BCUT2D eigenvalue weighted by molar-refractivity contribution is 0.415. The molecule has 128 valence electrons. The molecule has 0 bridgehead atoms.